The van der Waals surface area contributed by atoms with Crippen molar-refractivity contribution in [2.24, 2.45) is 0 Å². The van der Waals surface area contributed by atoms with E-state index in [0.717, 1.165) is 29.8 Å². The van der Waals surface area contributed by atoms with Crippen molar-refractivity contribution in [2.45, 2.75) is 56.5 Å². The van der Waals surface area contributed by atoms with Gasteiger partial charge >= 0.3 is 0 Å². The van der Waals surface area contributed by atoms with E-state index in [1.54, 1.807) is 24.3 Å². The summed E-state index contributed by atoms with van der Waals surface area (Å²) in [7, 11) is -6.52. The zero-order chi connectivity index (χ0) is 35.0. The topological polar surface area (TPSA) is 117 Å². The maximum atomic E-state index is 12.1. The minimum Gasteiger partial charge on any atom is -0.406 e. The molecule has 0 unspecified atom stereocenters. The summed E-state index contributed by atoms with van der Waals surface area (Å²) in [5.41, 5.74) is 1.02. The molecule has 4 aromatic rings. The summed E-state index contributed by atoms with van der Waals surface area (Å²) >= 11 is 3.22. The van der Waals surface area contributed by atoms with Gasteiger partial charge in [-0.25, -0.2) is 26.3 Å². The number of hydrogen-bond acceptors (Lipinski definition) is 7. The van der Waals surface area contributed by atoms with Gasteiger partial charge in [-0.05, 0) is 78.0 Å². The Morgan fingerprint density at radius 3 is 1.62 bits per heavy atom. The number of sulfonamides is 2. The van der Waals surface area contributed by atoms with Crippen LogP contribution in [0.4, 0.5) is 5.69 Å². The number of rotatable bonds is 10. The first-order valence-electron chi connectivity index (χ1n) is 15.7. The van der Waals surface area contributed by atoms with Crippen molar-refractivity contribution in [1.82, 2.24) is 14.8 Å². The van der Waals surface area contributed by atoms with Crippen molar-refractivity contribution in [3.05, 3.63) is 114 Å². The van der Waals surface area contributed by atoms with Gasteiger partial charge in [0.05, 0.1) is 16.4 Å². The van der Waals surface area contributed by atoms with Crippen molar-refractivity contribution >= 4 is 60.4 Å². The largest absolute Gasteiger partial charge is 0.406 e. The monoisotopic (exact) mass is 804 g/mol. The van der Waals surface area contributed by atoms with Crippen LogP contribution in [-0.2, 0) is 24.5 Å². The van der Waals surface area contributed by atoms with Gasteiger partial charge in [0.25, 0.3) is 8.32 Å². The summed E-state index contributed by atoms with van der Waals surface area (Å²) in [6, 6.07) is 35.1. The third-order valence-electron chi connectivity index (χ3n) is 8.35. The van der Waals surface area contributed by atoms with Gasteiger partial charge in [-0.1, -0.05) is 112 Å². The first-order valence-corrected chi connectivity index (χ1v) is 21.4. The van der Waals surface area contributed by atoms with Crippen LogP contribution in [0.1, 0.15) is 35.6 Å². The zero-order valence-corrected chi connectivity index (χ0v) is 32.2. The third kappa shape index (κ3) is 10.3. The lowest BCUT2D eigenvalue weighted by Gasteiger charge is -2.44. The van der Waals surface area contributed by atoms with Crippen LogP contribution >= 0.6 is 15.9 Å². The molecule has 1 aliphatic rings. The fourth-order valence-corrected chi connectivity index (χ4v) is 12.2. The molecule has 50 heavy (non-hydrogen) atoms. The van der Waals surface area contributed by atoms with Crippen molar-refractivity contribution in [2.75, 3.05) is 45.2 Å². The molecule has 0 aliphatic carbocycles. The van der Waals surface area contributed by atoms with E-state index in [2.05, 4.69) is 117 Å². The highest BCUT2D eigenvalue weighted by Gasteiger charge is 2.50. The van der Waals surface area contributed by atoms with Crippen LogP contribution in [0.15, 0.2) is 123 Å². The molecule has 0 spiro atoms. The quantitative estimate of drug-likeness (QED) is 0.180. The van der Waals surface area contributed by atoms with Crippen molar-refractivity contribution in [3.8, 4) is 0 Å². The van der Waals surface area contributed by atoms with E-state index in [1.165, 1.54) is 36.6 Å². The summed E-state index contributed by atoms with van der Waals surface area (Å²) in [5, 5.41) is 6.12. The van der Waals surface area contributed by atoms with E-state index >= 15 is 0 Å². The highest BCUT2D eigenvalue weighted by Crippen LogP contribution is 2.37. The highest BCUT2D eigenvalue weighted by atomic mass is 79.9. The second-order valence-electron chi connectivity index (χ2n) is 12.4. The Kier molecular flexibility index (Phi) is 16.1. The number of nitrogens with one attached hydrogen (secondary N) is 3. The lowest BCUT2D eigenvalue weighted by molar-refractivity contribution is 0.242. The molecule has 3 N–H and O–H groups in total. The van der Waals surface area contributed by atoms with Crippen LogP contribution in [0, 0.1) is 0 Å². The summed E-state index contributed by atoms with van der Waals surface area (Å²) in [6.07, 6.45) is 0. The van der Waals surface area contributed by atoms with E-state index in [-0.39, 0.29) is 35.7 Å². The lowest BCUT2D eigenvalue weighted by atomic mass is 10.2. The average Bonchev–Trinajstić information content (AvgIpc) is 3.09. The van der Waals surface area contributed by atoms with Crippen LogP contribution in [0.2, 0.25) is 5.04 Å². The molecule has 0 saturated carbocycles. The second-order valence-corrected chi connectivity index (χ2v) is 21.4. The maximum Gasteiger partial charge on any atom is 0.261 e. The van der Waals surface area contributed by atoms with Crippen LogP contribution < -0.4 is 30.0 Å². The Morgan fingerprint density at radius 2 is 1.20 bits per heavy atom. The van der Waals surface area contributed by atoms with E-state index in [4.69, 9.17) is 4.43 Å². The molecule has 4 aromatic carbocycles. The summed E-state index contributed by atoms with van der Waals surface area (Å²) in [6.45, 7) is 9.95. The van der Waals surface area contributed by atoms with Crippen LogP contribution in [0.3, 0.4) is 0 Å². The predicted molar refractivity (Wildman–Crippen MR) is 214 cm³/mol. The molecular formula is C37H53BrN4O5S2Si. The molecule has 1 saturated heterocycles. The fourth-order valence-electron chi connectivity index (χ4n) is 5.84. The molecule has 0 aromatic heterocycles. The molecule has 9 nitrogen and oxygen atoms in total. The van der Waals surface area contributed by atoms with Gasteiger partial charge in [-0.15, -0.1) is 0 Å². The van der Waals surface area contributed by atoms with Gasteiger partial charge in [0, 0.05) is 35.8 Å². The van der Waals surface area contributed by atoms with Gasteiger partial charge in [0.1, 0.15) is 0 Å². The Morgan fingerprint density at radius 1 is 0.760 bits per heavy atom. The average molecular weight is 806 g/mol. The van der Waals surface area contributed by atoms with Crippen LogP contribution in [0.5, 0.6) is 0 Å². The lowest BCUT2D eigenvalue weighted by Crippen LogP contribution is -2.68. The molecule has 0 bridgehead atoms. The van der Waals surface area contributed by atoms with Gasteiger partial charge in [-0.2, -0.15) is 0 Å². The maximum absolute atomic E-state index is 12.1. The Labute approximate surface area is 310 Å². The molecule has 13 heteroatoms. The fraction of sp³-hybridized carbons (Fsp3) is 0.351. The molecular weight excluding hydrogens is 753 g/mol. The molecule has 0 amide bonds. The van der Waals surface area contributed by atoms with Crippen LogP contribution in [0.25, 0.3) is 0 Å². The standard InChI is InChI=1S/C28H37N3O3SSi.C7H8BrNO2S.2CH4/c1-28(2,3)36(26-11-7-5-8-12-26,27-13-9-6-10-14-27)34-22-23-21-31(20-19-30-23)24-15-17-25(18-16-24)35(32,33)29-4;1-9-12(10,11)7-4-2-6(8)3-5-7;;/h5-18,23,29-30H,19-22H2,1-4H3;2-5,9H,1H3;2*1H4/t23-;;;/m0.../s1. The normalized spacial score (nSPS) is 15.2. The van der Waals surface area contributed by atoms with Crippen molar-refractivity contribution in [3.63, 3.8) is 0 Å². The molecule has 5 rings (SSSR count). The summed E-state index contributed by atoms with van der Waals surface area (Å²) < 4.78 is 59.1. The number of hydrogen-bond donors (Lipinski definition) is 3. The van der Waals surface area contributed by atoms with Gasteiger partial charge in [0.2, 0.25) is 20.0 Å². The van der Waals surface area contributed by atoms with Gasteiger partial charge < -0.3 is 14.6 Å². The first-order chi connectivity index (χ1) is 22.7. The summed E-state index contributed by atoms with van der Waals surface area (Å²) in [4.78, 5) is 2.84. The van der Waals surface area contributed by atoms with Crippen molar-refractivity contribution in [1.29, 1.82) is 0 Å². The molecule has 1 heterocycles. The molecule has 1 fully saturated rings. The van der Waals surface area contributed by atoms with E-state index < -0.39 is 28.4 Å². The minimum absolute atomic E-state index is 0. The van der Waals surface area contributed by atoms with E-state index in [0.29, 0.717) is 6.61 Å². The third-order valence-corrected chi connectivity index (χ3v) is 16.7. The SMILES string of the molecule is C.C.CNS(=O)(=O)c1ccc(Br)cc1.CNS(=O)(=O)c1ccc(N2CCN[C@H](CO[Si](c3ccccc3)(c3ccccc3)C(C)(C)C)C2)cc1. The molecule has 274 valence electrons. The number of anilines is 1. The second kappa shape index (κ2) is 18.6. The Balaban J connectivity index is 0.000000527. The predicted octanol–water partition coefficient (Wildman–Crippen LogP) is 5.58. The van der Waals surface area contributed by atoms with Gasteiger partial charge in [-0.3, -0.25) is 0 Å². The van der Waals surface area contributed by atoms with E-state index in [9.17, 15) is 16.8 Å². The number of benzene rings is 4. The molecule has 1 atom stereocenters. The first kappa shape index (κ1) is 43.3. The molecule has 1 aliphatic heterocycles. The van der Waals surface area contributed by atoms with Gasteiger partial charge in [0.15, 0.2) is 0 Å². The number of nitrogens with zero attached hydrogens (tertiary/aromatic N) is 1. The zero-order valence-electron chi connectivity index (χ0n) is 28.0. The highest BCUT2D eigenvalue weighted by molar-refractivity contribution is 9.10. The number of halogens is 1. The smallest absolute Gasteiger partial charge is 0.261 e. The number of piperazine rings is 1. The molecule has 0 radical (unpaired) electrons. The van der Waals surface area contributed by atoms with Crippen LogP contribution in [-0.4, -0.2) is 71.5 Å². The van der Waals surface area contributed by atoms with Crippen molar-refractivity contribution < 1.29 is 21.3 Å². The minimum atomic E-state index is -3.44. The summed E-state index contributed by atoms with van der Waals surface area (Å²) in [5.74, 6) is 0. The van der Waals surface area contributed by atoms with E-state index in [1.807, 2.05) is 12.1 Å². The Bertz CT molecular complexity index is 1790. The Hall–Kier alpha value is -2.88.